The molecule has 0 aliphatic heterocycles. The topological polar surface area (TPSA) is 29.9 Å². The highest BCUT2D eigenvalue weighted by molar-refractivity contribution is 5.62. The first-order valence-electron chi connectivity index (χ1n) is 7.71. The maximum atomic E-state index is 4.42. The standard InChI is InChI=1S/C17H23N3/c1-3-11-20-17(9-10-19-20)14-5-7-15-13(12-14)6-8-16(15)18-4-2/h5,7,9-10,12,16,18H,3-4,6,8,11H2,1-2H3. The molecule has 2 aromatic rings. The number of nitrogens with zero attached hydrogens (tertiary/aromatic N) is 2. The van der Waals surface area contributed by atoms with Crippen molar-refractivity contribution in [3.05, 3.63) is 41.6 Å². The Morgan fingerprint density at radius 3 is 3.00 bits per heavy atom. The van der Waals surface area contributed by atoms with Gasteiger partial charge in [0.05, 0.1) is 5.69 Å². The lowest BCUT2D eigenvalue weighted by atomic mass is 10.0. The van der Waals surface area contributed by atoms with E-state index in [0.717, 1.165) is 19.5 Å². The lowest BCUT2D eigenvalue weighted by molar-refractivity contribution is 0.549. The van der Waals surface area contributed by atoms with Crippen LogP contribution in [0.2, 0.25) is 0 Å². The first-order chi connectivity index (χ1) is 9.83. The Hall–Kier alpha value is -1.61. The molecule has 1 unspecified atom stereocenters. The lowest BCUT2D eigenvalue weighted by Crippen LogP contribution is -2.18. The zero-order valence-electron chi connectivity index (χ0n) is 12.4. The van der Waals surface area contributed by atoms with Crippen LogP contribution in [0, 0.1) is 0 Å². The van der Waals surface area contributed by atoms with E-state index < -0.39 is 0 Å². The van der Waals surface area contributed by atoms with Gasteiger partial charge in [0.1, 0.15) is 0 Å². The molecular weight excluding hydrogens is 246 g/mol. The summed E-state index contributed by atoms with van der Waals surface area (Å²) in [5.74, 6) is 0. The Kier molecular flexibility index (Phi) is 3.88. The number of fused-ring (bicyclic) bond motifs is 1. The van der Waals surface area contributed by atoms with Crippen LogP contribution in [0.4, 0.5) is 0 Å². The number of hydrogen-bond donors (Lipinski definition) is 1. The number of nitrogens with one attached hydrogen (secondary N) is 1. The van der Waals surface area contributed by atoms with Crippen LogP contribution in [-0.2, 0) is 13.0 Å². The zero-order valence-corrected chi connectivity index (χ0v) is 12.4. The van der Waals surface area contributed by atoms with Crippen molar-refractivity contribution >= 4 is 0 Å². The number of rotatable bonds is 5. The minimum absolute atomic E-state index is 0.546. The van der Waals surface area contributed by atoms with Crippen LogP contribution in [0.5, 0.6) is 0 Å². The molecule has 0 bridgehead atoms. The fourth-order valence-corrected chi connectivity index (χ4v) is 3.20. The normalized spacial score (nSPS) is 17.4. The Bertz CT molecular complexity index is 586. The summed E-state index contributed by atoms with van der Waals surface area (Å²) in [6.45, 7) is 6.39. The molecule has 106 valence electrons. The number of aromatic nitrogens is 2. The molecule has 0 saturated heterocycles. The summed E-state index contributed by atoms with van der Waals surface area (Å²) >= 11 is 0. The van der Waals surface area contributed by atoms with Crippen molar-refractivity contribution < 1.29 is 0 Å². The van der Waals surface area contributed by atoms with E-state index >= 15 is 0 Å². The molecule has 20 heavy (non-hydrogen) atoms. The molecule has 1 aliphatic carbocycles. The van der Waals surface area contributed by atoms with Gasteiger partial charge in [-0.25, -0.2) is 0 Å². The van der Waals surface area contributed by atoms with Crippen LogP contribution < -0.4 is 5.32 Å². The Morgan fingerprint density at radius 1 is 1.30 bits per heavy atom. The van der Waals surface area contributed by atoms with Gasteiger partial charge in [-0.05, 0) is 49.1 Å². The van der Waals surface area contributed by atoms with Gasteiger partial charge in [0, 0.05) is 24.3 Å². The monoisotopic (exact) mass is 269 g/mol. The molecule has 0 radical (unpaired) electrons. The van der Waals surface area contributed by atoms with E-state index in [1.807, 2.05) is 6.20 Å². The van der Waals surface area contributed by atoms with Crippen molar-refractivity contribution in [2.24, 2.45) is 0 Å². The average molecular weight is 269 g/mol. The summed E-state index contributed by atoms with van der Waals surface area (Å²) in [7, 11) is 0. The van der Waals surface area contributed by atoms with Gasteiger partial charge in [-0.3, -0.25) is 4.68 Å². The van der Waals surface area contributed by atoms with E-state index in [1.165, 1.54) is 35.2 Å². The van der Waals surface area contributed by atoms with Crippen LogP contribution in [0.25, 0.3) is 11.3 Å². The van der Waals surface area contributed by atoms with E-state index in [1.54, 1.807) is 0 Å². The summed E-state index contributed by atoms with van der Waals surface area (Å²) in [5.41, 5.74) is 5.52. The number of aryl methyl sites for hydroxylation is 2. The summed E-state index contributed by atoms with van der Waals surface area (Å²) in [4.78, 5) is 0. The van der Waals surface area contributed by atoms with Gasteiger partial charge in [0.25, 0.3) is 0 Å². The molecule has 3 heteroatoms. The molecule has 1 N–H and O–H groups in total. The second kappa shape index (κ2) is 5.80. The predicted molar refractivity (Wildman–Crippen MR) is 82.7 cm³/mol. The van der Waals surface area contributed by atoms with Crippen LogP contribution >= 0.6 is 0 Å². The van der Waals surface area contributed by atoms with Gasteiger partial charge in [0.15, 0.2) is 0 Å². The van der Waals surface area contributed by atoms with E-state index in [0.29, 0.717) is 6.04 Å². The largest absolute Gasteiger partial charge is 0.310 e. The first kappa shape index (κ1) is 13.4. The van der Waals surface area contributed by atoms with Crippen LogP contribution in [0.3, 0.4) is 0 Å². The van der Waals surface area contributed by atoms with Crippen molar-refractivity contribution in [3.8, 4) is 11.3 Å². The third-order valence-electron chi connectivity index (χ3n) is 4.12. The van der Waals surface area contributed by atoms with E-state index in [-0.39, 0.29) is 0 Å². The smallest absolute Gasteiger partial charge is 0.0682 e. The maximum absolute atomic E-state index is 4.42. The molecule has 1 atom stereocenters. The highest BCUT2D eigenvalue weighted by Gasteiger charge is 2.22. The Morgan fingerprint density at radius 2 is 2.20 bits per heavy atom. The quantitative estimate of drug-likeness (QED) is 0.899. The van der Waals surface area contributed by atoms with Crippen LogP contribution in [-0.4, -0.2) is 16.3 Å². The maximum Gasteiger partial charge on any atom is 0.0682 e. The van der Waals surface area contributed by atoms with Gasteiger partial charge >= 0.3 is 0 Å². The fraction of sp³-hybridized carbons (Fsp3) is 0.471. The molecule has 1 aliphatic rings. The number of benzene rings is 1. The minimum atomic E-state index is 0.546. The predicted octanol–water partition coefficient (Wildman–Crippen LogP) is 3.56. The van der Waals surface area contributed by atoms with E-state index in [9.17, 15) is 0 Å². The SMILES string of the molecule is CCCn1nccc1-c1ccc2c(c1)CCC2NCC. The van der Waals surface area contributed by atoms with Crippen molar-refractivity contribution in [2.45, 2.75) is 45.7 Å². The highest BCUT2D eigenvalue weighted by atomic mass is 15.3. The van der Waals surface area contributed by atoms with Crippen LogP contribution in [0.1, 0.15) is 43.9 Å². The average Bonchev–Trinajstić information content (AvgIpc) is 3.07. The minimum Gasteiger partial charge on any atom is -0.310 e. The summed E-state index contributed by atoms with van der Waals surface area (Å²) in [6.07, 6.45) is 5.42. The van der Waals surface area contributed by atoms with Crippen molar-refractivity contribution in [3.63, 3.8) is 0 Å². The molecule has 0 spiro atoms. The van der Waals surface area contributed by atoms with Gasteiger partial charge in [-0.15, -0.1) is 0 Å². The summed E-state index contributed by atoms with van der Waals surface area (Å²) in [5, 5.41) is 7.99. The second-order valence-electron chi connectivity index (χ2n) is 5.50. The molecule has 3 rings (SSSR count). The summed E-state index contributed by atoms with van der Waals surface area (Å²) in [6, 6.07) is 9.57. The third-order valence-corrected chi connectivity index (χ3v) is 4.12. The molecule has 3 nitrogen and oxygen atoms in total. The molecule has 1 heterocycles. The van der Waals surface area contributed by atoms with Gasteiger partial charge in [0.2, 0.25) is 0 Å². The molecule has 0 saturated carbocycles. The first-order valence-corrected chi connectivity index (χ1v) is 7.71. The van der Waals surface area contributed by atoms with Crippen LogP contribution in [0.15, 0.2) is 30.5 Å². The van der Waals surface area contributed by atoms with E-state index in [4.69, 9.17) is 0 Å². The van der Waals surface area contributed by atoms with Crippen molar-refractivity contribution in [1.82, 2.24) is 15.1 Å². The van der Waals surface area contributed by atoms with Gasteiger partial charge < -0.3 is 5.32 Å². The van der Waals surface area contributed by atoms with Gasteiger partial charge in [-0.2, -0.15) is 5.10 Å². The highest BCUT2D eigenvalue weighted by Crippen LogP contribution is 2.34. The Balaban J connectivity index is 1.91. The fourth-order valence-electron chi connectivity index (χ4n) is 3.20. The third kappa shape index (κ3) is 2.38. The molecule has 0 fully saturated rings. The molecular formula is C17H23N3. The number of hydrogen-bond acceptors (Lipinski definition) is 2. The van der Waals surface area contributed by atoms with Crippen molar-refractivity contribution in [1.29, 1.82) is 0 Å². The van der Waals surface area contributed by atoms with Gasteiger partial charge in [-0.1, -0.05) is 26.0 Å². The summed E-state index contributed by atoms with van der Waals surface area (Å²) < 4.78 is 2.11. The van der Waals surface area contributed by atoms with E-state index in [2.05, 4.69) is 53.2 Å². The molecule has 1 aromatic heterocycles. The lowest BCUT2D eigenvalue weighted by Gasteiger charge is -2.13. The van der Waals surface area contributed by atoms with Crippen molar-refractivity contribution in [2.75, 3.05) is 6.54 Å². The zero-order chi connectivity index (χ0) is 13.9. The Labute approximate surface area is 121 Å². The molecule has 0 amide bonds. The molecule has 1 aromatic carbocycles. The second-order valence-corrected chi connectivity index (χ2v) is 5.50.